The zero-order chi connectivity index (χ0) is 30.4. The quantitative estimate of drug-likeness (QED) is 0.207. The summed E-state index contributed by atoms with van der Waals surface area (Å²) in [6, 6.07) is 50.0. The Balaban J connectivity index is 1.27. The minimum absolute atomic E-state index is 0.596. The largest absolute Gasteiger partial charge is 0.278 e. The van der Waals surface area contributed by atoms with Gasteiger partial charge in [-0.2, -0.15) is 5.26 Å². The molecule has 0 saturated heterocycles. The van der Waals surface area contributed by atoms with E-state index in [-0.39, 0.29) is 0 Å². The molecule has 0 amide bonds. The molecule has 7 heteroatoms. The second-order valence-electron chi connectivity index (χ2n) is 11.5. The Hall–Kier alpha value is -6.65. The molecule has 0 saturated carbocycles. The zero-order valence-electron chi connectivity index (χ0n) is 24.4. The van der Waals surface area contributed by atoms with Crippen molar-refractivity contribution in [3.63, 3.8) is 0 Å². The number of imidazole rings is 4. The van der Waals surface area contributed by atoms with Crippen molar-refractivity contribution in [1.82, 2.24) is 27.9 Å². The highest BCUT2D eigenvalue weighted by atomic mass is 15.2. The van der Waals surface area contributed by atoms with Crippen molar-refractivity contribution in [1.29, 1.82) is 5.26 Å². The van der Waals surface area contributed by atoms with Crippen LogP contribution in [0, 0.1) is 11.3 Å². The third kappa shape index (κ3) is 3.24. The number of para-hydroxylation sites is 9. The molecule has 214 valence electrons. The Kier molecular flexibility index (Phi) is 4.94. The van der Waals surface area contributed by atoms with Crippen LogP contribution in [0.1, 0.15) is 5.56 Å². The van der Waals surface area contributed by atoms with Crippen molar-refractivity contribution in [2.45, 2.75) is 0 Å². The Morgan fingerprint density at radius 1 is 0.457 bits per heavy atom. The number of fused-ring (bicyclic) bond motifs is 10. The lowest BCUT2D eigenvalue weighted by molar-refractivity contribution is 1.10. The number of hydrogen-bond acceptors (Lipinski definition) is 3. The van der Waals surface area contributed by atoms with Gasteiger partial charge in [0.25, 0.3) is 0 Å². The minimum Gasteiger partial charge on any atom is -0.278 e. The highest BCUT2D eigenvalue weighted by Gasteiger charge is 2.22. The van der Waals surface area contributed by atoms with Gasteiger partial charge in [0, 0.05) is 16.8 Å². The van der Waals surface area contributed by atoms with Gasteiger partial charge in [-0.05, 0) is 72.8 Å². The molecule has 6 aromatic carbocycles. The maximum absolute atomic E-state index is 10.4. The summed E-state index contributed by atoms with van der Waals surface area (Å²) in [5, 5.41) is 10.4. The van der Waals surface area contributed by atoms with Crippen LogP contribution in [0.25, 0.3) is 78.2 Å². The summed E-state index contributed by atoms with van der Waals surface area (Å²) in [7, 11) is 0. The zero-order valence-corrected chi connectivity index (χ0v) is 24.4. The summed E-state index contributed by atoms with van der Waals surface area (Å²) in [6.45, 7) is 0. The van der Waals surface area contributed by atoms with E-state index in [1.807, 2.05) is 60.7 Å². The van der Waals surface area contributed by atoms with Gasteiger partial charge in [-0.1, -0.05) is 66.7 Å². The third-order valence-corrected chi connectivity index (χ3v) is 9.03. The summed E-state index contributed by atoms with van der Waals surface area (Å²) < 4.78 is 8.83. The summed E-state index contributed by atoms with van der Waals surface area (Å²) in [4.78, 5) is 10.2. The second-order valence-corrected chi connectivity index (χ2v) is 11.5. The van der Waals surface area contributed by atoms with Crippen LogP contribution < -0.4 is 0 Å². The lowest BCUT2D eigenvalue weighted by atomic mass is 9.97. The summed E-state index contributed by atoms with van der Waals surface area (Å²) in [6.07, 6.45) is 0. The number of aromatic nitrogens is 6. The van der Waals surface area contributed by atoms with Gasteiger partial charge in [-0.25, -0.2) is 9.97 Å². The van der Waals surface area contributed by atoms with E-state index >= 15 is 0 Å². The van der Waals surface area contributed by atoms with Gasteiger partial charge in [0.05, 0.1) is 61.5 Å². The van der Waals surface area contributed by atoms with Gasteiger partial charge in [-0.15, -0.1) is 0 Å². The predicted molar refractivity (Wildman–Crippen MR) is 183 cm³/mol. The average Bonchev–Trinajstić information content (AvgIpc) is 3.84. The molecule has 0 fully saturated rings. The Bertz CT molecular complexity index is 2890. The molecular weight excluding hydrogens is 566 g/mol. The molecule has 7 nitrogen and oxygen atoms in total. The van der Waals surface area contributed by atoms with Crippen LogP contribution in [0.4, 0.5) is 0 Å². The maximum atomic E-state index is 10.4. The fourth-order valence-electron chi connectivity index (χ4n) is 7.08. The van der Waals surface area contributed by atoms with E-state index in [4.69, 9.17) is 9.97 Å². The van der Waals surface area contributed by atoms with E-state index in [9.17, 15) is 5.26 Å². The lowest BCUT2D eigenvalue weighted by Gasteiger charge is -2.15. The molecule has 10 aromatic rings. The van der Waals surface area contributed by atoms with E-state index in [0.29, 0.717) is 5.56 Å². The normalized spacial score (nSPS) is 11.9. The Morgan fingerprint density at radius 3 is 1.59 bits per heavy atom. The molecule has 0 aliphatic heterocycles. The van der Waals surface area contributed by atoms with Crippen molar-refractivity contribution in [2.75, 3.05) is 0 Å². The summed E-state index contributed by atoms with van der Waals surface area (Å²) in [5.41, 5.74) is 12.5. The fraction of sp³-hybridized carbons (Fsp3) is 0. The number of rotatable bonds is 3. The molecule has 0 unspecified atom stereocenters. The first-order chi connectivity index (χ1) is 22.8. The number of hydrogen-bond donors (Lipinski definition) is 0. The number of nitrogens with zero attached hydrogens (tertiary/aromatic N) is 7. The molecule has 0 atom stereocenters. The van der Waals surface area contributed by atoms with Crippen molar-refractivity contribution in [2.24, 2.45) is 0 Å². The molecule has 4 aromatic heterocycles. The fourth-order valence-corrected chi connectivity index (χ4v) is 7.08. The van der Waals surface area contributed by atoms with E-state index in [1.165, 1.54) is 0 Å². The van der Waals surface area contributed by atoms with Crippen LogP contribution in [0.3, 0.4) is 0 Å². The molecule has 10 rings (SSSR count). The van der Waals surface area contributed by atoms with Crippen molar-refractivity contribution < 1.29 is 0 Å². The lowest BCUT2D eigenvalue weighted by Crippen LogP contribution is -2.01. The number of benzene rings is 6. The summed E-state index contributed by atoms with van der Waals surface area (Å²) >= 11 is 0. The van der Waals surface area contributed by atoms with Crippen LogP contribution in [0.2, 0.25) is 0 Å². The Morgan fingerprint density at radius 2 is 0.957 bits per heavy atom. The highest BCUT2D eigenvalue weighted by Crippen LogP contribution is 2.37. The standard InChI is InChI=1S/C39H23N7/c40-24-25-21-22-26(43-34-17-7-8-18-35(34)45-32-15-5-2-12-29(32)41-38(43)45)23-28(25)27-11-1-4-14-31(27)44-36-19-9-10-20-37(36)46-33-16-6-3-13-30(33)42-39(44)46/h1-23H. The van der Waals surface area contributed by atoms with Gasteiger partial charge < -0.3 is 0 Å². The molecule has 0 aliphatic carbocycles. The summed E-state index contributed by atoms with van der Waals surface area (Å²) in [5.74, 6) is 1.65. The number of nitriles is 1. The Labute approximate surface area is 262 Å². The van der Waals surface area contributed by atoms with E-state index in [2.05, 4.69) is 103 Å². The van der Waals surface area contributed by atoms with Crippen molar-refractivity contribution >= 4 is 55.7 Å². The first-order valence-electron chi connectivity index (χ1n) is 15.2. The van der Waals surface area contributed by atoms with E-state index in [1.54, 1.807) is 0 Å². The predicted octanol–water partition coefficient (Wildman–Crippen LogP) is 8.71. The van der Waals surface area contributed by atoms with Gasteiger partial charge in [0.1, 0.15) is 0 Å². The maximum Gasteiger partial charge on any atom is 0.220 e. The van der Waals surface area contributed by atoms with Crippen LogP contribution in [0.5, 0.6) is 0 Å². The van der Waals surface area contributed by atoms with Crippen molar-refractivity contribution in [3.05, 3.63) is 145 Å². The van der Waals surface area contributed by atoms with Gasteiger partial charge in [0.2, 0.25) is 11.6 Å². The van der Waals surface area contributed by atoms with Crippen LogP contribution in [-0.4, -0.2) is 27.9 Å². The second kappa shape index (κ2) is 9.18. The van der Waals surface area contributed by atoms with Gasteiger partial charge in [0.15, 0.2) is 0 Å². The third-order valence-electron chi connectivity index (χ3n) is 9.03. The first kappa shape index (κ1) is 24.8. The van der Waals surface area contributed by atoms with Gasteiger partial charge >= 0.3 is 0 Å². The first-order valence-corrected chi connectivity index (χ1v) is 15.2. The molecule has 0 spiro atoms. The van der Waals surface area contributed by atoms with Crippen molar-refractivity contribution in [3.8, 4) is 28.6 Å². The van der Waals surface area contributed by atoms with Crippen LogP contribution in [0.15, 0.2) is 140 Å². The van der Waals surface area contributed by atoms with E-state index < -0.39 is 0 Å². The minimum atomic E-state index is 0.596. The molecule has 0 aliphatic rings. The smallest absolute Gasteiger partial charge is 0.220 e. The molecule has 46 heavy (non-hydrogen) atoms. The molecule has 4 heterocycles. The molecule has 0 N–H and O–H groups in total. The van der Waals surface area contributed by atoms with E-state index in [0.717, 1.165) is 78.2 Å². The molecule has 0 bridgehead atoms. The van der Waals surface area contributed by atoms with Crippen LogP contribution >= 0.6 is 0 Å². The monoisotopic (exact) mass is 589 g/mol. The molecule has 0 radical (unpaired) electrons. The SMILES string of the molecule is N#Cc1ccc(-n2c3ccccc3n3c4ccccc4nc23)cc1-c1ccccc1-n1c2ccccc2n2c3ccccc3nc12. The average molecular weight is 590 g/mol. The van der Waals surface area contributed by atoms with Gasteiger partial charge in [-0.3, -0.25) is 17.9 Å². The topological polar surface area (TPSA) is 68.2 Å². The highest BCUT2D eigenvalue weighted by molar-refractivity contribution is 5.95. The molecular formula is C39H23N7. The van der Waals surface area contributed by atoms with Crippen LogP contribution in [-0.2, 0) is 0 Å².